The summed E-state index contributed by atoms with van der Waals surface area (Å²) in [6.45, 7) is 2.57. The number of aryl methyl sites for hydroxylation is 1. The van der Waals surface area contributed by atoms with Gasteiger partial charge in [0.25, 0.3) is 5.91 Å². The van der Waals surface area contributed by atoms with Crippen LogP contribution in [0.3, 0.4) is 0 Å². The summed E-state index contributed by atoms with van der Waals surface area (Å²) in [5.41, 5.74) is 1.61. The van der Waals surface area contributed by atoms with Gasteiger partial charge in [-0.2, -0.15) is 0 Å². The first kappa shape index (κ1) is 18.1. The minimum atomic E-state index is -0.569. The lowest BCUT2D eigenvalue weighted by Crippen LogP contribution is -2.34. The zero-order valence-corrected chi connectivity index (χ0v) is 14.9. The fourth-order valence-electron chi connectivity index (χ4n) is 2.87. The van der Waals surface area contributed by atoms with Crippen molar-refractivity contribution >= 4 is 22.8 Å². The summed E-state index contributed by atoms with van der Waals surface area (Å²) in [6.07, 6.45) is 2.00. The van der Waals surface area contributed by atoms with Crippen molar-refractivity contribution < 1.29 is 23.8 Å². The van der Waals surface area contributed by atoms with E-state index in [0.717, 1.165) is 30.4 Å². The Balaban J connectivity index is 1.60. The monoisotopic (exact) mass is 358 g/mol. The van der Waals surface area contributed by atoms with Gasteiger partial charge in [0, 0.05) is 24.6 Å². The van der Waals surface area contributed by atoms with Crippen LogP contribution in [-0.2, 0) is 14.3 Å². The third-order valence-corrected chi connectivity index (χ3v) is 4.32. The molecule has 0 spiro atoms. The Morgan fingerprint density at radius 1 is 1.35 bits per heavy atom. The van der Waals surface area contributed by atoms with Gasteiger partial charge in [-0.3, -0.25) is 9.78 Å². The summed E-state index contributed by atoms with van der Waals surface area (Å²) >= 11 is 0. The Hall–Kier alpha value is -2.67. The second-order valence-electron chi connectivity index (χ2n) is 6.20. The Bertz CT molecular complexity index is 815. The van der Waals surface area contributed by atoms with E-state index in [1.54, 1.807) is 32.2 Å². The topological polar surface area (TPSA) is 86.8 Å². The first-order valence-electron chi connectivity index (χ1n) is 8.57. The molecule has 1 N–H and O–H groups in total. The van der Waals surface area contributed by atoms with Crippen molar-refractivity contribution in [3.8, 4) is 5.75 Å². The van der Waals surface area contributed by atoms with Crippen LogP contribution in [0.2, 0.25) is 0 Å². The molecule has 1 aliphatic rings. The van der Waals surface area contributed by atoms with Crippen LogP contribution in [0.25, 0.3) is 10.9 Å². The summed E-state index contributed by atoms with van der Waals surface area (Å²) < 4.78 is 15.7. The van der Waals surface area contributed by atoms with Gasteiger partial charge in [0.1, 0.15) is 5.75 Å². The van der Waals surface area contributed by atoms with Gasteiger partial charge < -0.3 is 19.5 Å². The van der Waals surface area contributed by atoms with Crippen molar-refractivity contribution in [3.05, 3.63) is 35.5 Å². The number of carbonyl (C=O) groups is 2. The zero-order chi connectivity index (χ0) is 18.5. The maximum Gasteiger partial charge on any atom is 0.340 e. The van der Waals surface area contributed by atoms with Crippen molar-refractivity contribution in [3.63, 3.8) is 0 Å². The molecule has 1 aromatic carbocycles. The lowest BCUT2D eigenvalue weighted by molar-refractivity contribution is -0.124. The molecule has 1 aromatic heterocycles. The minimum Gasteiger partial charge on any atom is -0.497 e. The number of pyridine rings is 1. The van der Waals surface area contributed by atoms with Crippen LogP contribution >= 0.6 is 0 Å². The number of hydrogen-bond donors (Lipinski definition) is 1. The van der Waals surface area contributed by atoms with Crippen molar-refractivity contribution in [2.75, 3.05) is 26.9 Å². The van der Waals surface area contributed by atoms with Crippen molar-refractivity contribution in [2.24, 2.45) is 0 Å². The molecule has 1 atom stereocenters. The Labute approximate surface area is 151 Å². The number of nitrogens with one attached hydrogen (secondary N) is 1. The number of benzene rings is 1. The maximum atomic E-state index is 12.3. The summed E-state index contributed by atoms with van der Waals surface area (Å²) in [5.74, 6) is -0.215. The van der Waals surface area contributed by atoms with E-state index in [9.17, 15) is 9.59 Å². The van der Waals surface area contributed by atoms with Crippen LogP contribution in [0.4, 0.5) is 0 Å². The van der Waals surface area contributed by atoms with Gasteiger partial charge in [-0.1, -0.05) is 0 Å². The third kappa shape index (κ3) is 4.29. The van der Waals surface area contributed by atoms with E-state index >= 15 is 0 Å². The summed E-state index contributed by atoms with van der Waals surface area (Å²) in [5, 5.41) is 3.52. The molecule has 2 aromatic rings. The molecule has 2 heterocycles. The fraction of sp³-hybridized carbons (Fsp3) is 0.421. The van der Waals surface area contributed by atoms with Crippen molar-refractivity contribution in [1.82, 2.24) is 10.3 Å². The molecule has 1 aliphatic heterocycles. The molecule has 7 nitrogen and oxygen atoms in total. The Kier molecular flexibility index (Phi) is 5.68. The average Bonchev–Trinajstić information content (AvgIpc) is 3.17. The molecule has 138 valence electrons. The minimum absolute atomic E-state index is 0.0542. The number of methoxy groups -OCH3 is 1. The van der Waals surface area contributed by atoms with Crippen LogP contribution in [0.1, 0.15) is 28.9 Å². The van der Waals surface area contributed by atoms with Gasteiger partial charge in [0.05, 0.1) is 30.0 Å². The number of fused-ring (bicyclic) bond motifs is 1. The molecule has 0 bridgehead atoms. The van der Waals surface area contributed by atoms with Gasteiger partial charge in [-0.05, 0) is 38.0 Å². The molecule has 3 rings (SSSR count). The predicted molar refractivity (Wildman–Crippen MR) is 95.3 cm³/mol. The fourth-order valence-corrected chi connectivity index (χ4v) is 2.87. The van der Waals surface area contributed by atoms with Crippen LogP contribution in [0.5, 0.6) is 5.75 Å². The summed E-state index contributed by atoms with van der Waals surface area (Å²) in [4.78, 5) is 28.6. The summed E-state index contributed by atoms with van der Waals surface area (Å²) in [6, 6.07) is 7.14. The molecule has 1 fully saturated rings. The van der Waals surface area contributed by atoms with E-state index in [1.807, 2.05) is 6.07 Å². The number of amides is 1. The van der Waals surface area contributed by atoms with E-state index in [0.29, 0.717) is 23.6 Å². The number of rotatable bonds is 6. The van der Waals surface area contributed by atoms with E-state index in [1.165, 1.54) is 0 Å². The highest BCUT2D eigenvalue weighted by molar-refractivity contribution is 5.96. The summed E-state index contributed by atoms with van der Waals surface area (Å²) in [7, 11) is 1.59. The normalized spacial score (nSPS) is 16.5. The SMILES string of the molecule is COc1ccc2cc(C(=O)OCC(=O)NC[C@@H]3CCCO3)c(C)nc2c1. The molecule has 0 saturated carbocycles. The zero-order valence-electron chi connectivity index (χ0n) is 14.9. The van der Waals surface area contributed by atoms with Gasteiger partial charge in [-0.25, -0.2) is 4.79 Å². The molecule has 0 radical (unpaired) electrons. The Morgan fingerprint density at radius 2 is 2.19 bits per heavy atom. The number of carbonyl (C=O) groups excluding carboxylic acids is 2. The van der Waals surface area contributed by atoms with E-state index in [2.05, 4.69) is 10.3 Å². The highest BCUT2D eigenvalue weighted by atomic mass is 16.5. The number of hydrogen-bond acceptors (Lipinski definition) is 6. The molecule has 0 aliphatic carbocycles. The first-order chi connectivity index (χ1) is 12.6. The largest absolute Gasteiger partial charge is 0.497 e. The molecule has 7 heteroatoms. The Morgan fingerprint density at radius 3 is 2.92 bits per heavy atom. The van der Waals surface area contributed by atoms with Crippen molar-refractivity contribution in [1.29, 1.82) is 0 Å². The van der Waals surface area contributed by atoms with Crippen LogP contribution in [-0.4, -0.2) is 49.8 Å². The number of aromatic nitrogens is 1. The second kappa shape index (κ2) is 8.14. The van der Waals surface area contributed by atoms with Gasteiger partial charge in [0.2, 0.25) is 0 Å². The van der Waals surface area contributed by atoms with Gasteiger partial charge in [0.15, 0.2) is 6.61 Å². The molecule has 26 heavy (non-hydrogen) atoms. The molecular formula is C19H22N2O5. The third-order valence-electron chi connectivity index (χ3n) is 4.32. The first-order valence-corrected chi connectivity index (χ1v) is 8.57. The highest BCUT2D eigenvalue weighted by Crippen LogP contribution is 2.22. The molecule has 0 unspecified atom stereocenters. The molecule has 1 amide bonds. The van der Waals surface area contributed by atoms with E-state index < -0.39 is 5.97 Å². The second-order valence-corrected chi connectivity index (χ2v) is 6.20. The molecule has 1 saturated heterocycles. The quantitative estimate of drug-likeness (QED) is 0.795. The predicted octanol–water partition coefficient (Wildman–Crippen LogP) is 2.00. The van der Waals surface area contributed by atoms with Gasteiger partial charge >= 0.3 is 5.97 Å². The van der Waals surface area contributed by atoms with Crippen LogP contribution in [0, 0.1) is 6.92 Å². The lowest BCUT2D eigenvalue weighted by atomic mass is 10.1. The number of esters is 1. The smallest absolute Gasteiger partial charge is 0.340 e. The van der Waals surface area contributed by atoms with Crippen molar-refractivity contribution in [2.45, 2.75) is 25.9 Å². The average molecular weight is 358 g/mol. The highest BCUT2D eigenvalue weighted by Gasteiger charge is 2.18. The lowest BCUT2D eigenvalue weighted by Gasteiger charge is -2.11. The number of ether oxygens (including phenoxy) is 3. The maximum absolute atomic E-state index is 12.3. The van der Waals surface area contributed by atoms with Crippen LogP contribution in [0.15, 0.2) is 24.3 Å². The number of nitrogens with zero attached hydrogens (tertiary/aromatic N) is 1. The standard InChI is InChI=1S/C19H22N2O5/c1-12-16(8-13-5-6-14(24-2)9-17(13)21-12)19(23)26-11-18(22)20-10-15-4-3-7-25-15/h5-6,8-9,15H,3-4,7,10-11H2,1-2H3,(H,20,22)/t15-/m0/s1. The molecular weight excluding hydrogens is 336 g/mol. The van der Waals surface area contributed by atoms with E-state index in [-0.39, 0.29) is 18.6 Å². The van der Waals surface area contributed by atoms with Crippen LogP contribution < -0.4 is 10.1 Å². The van der Waals surface area contributed by atoms with E-state index in [4.69, 9.17) is 14.2 Å². The van der Waals surface area contributed by atoms with Gasteiger partial charge in [-0.15, -0.1) is 0 Å².